The van der Waals surface area contributed by atoms with E-state index in [-0.39, 0.29) is 30.5 Å². The molecule has 0 aliphatic carbocycles. The van der Waals surface area contributed by atoms with E-state index in [1.807, 2.05) is 0 Å². The lowest BCUT2D eigenvalue weighted by Gasteiger charge is -2.17. The highest BCUT2D eigenvalue weighted by molar-refractivity contribution is 6.42. The smallest absolute Gasteiger partial charge is 0.229 e. The van der Waals surface area contributed by atoms with Crippen LogP contribution < -0.4 is 10.2 Å². The molecule has 2 aromatic carbocycles. The van der Waals surface area contributed by atoms with Gasteiger partial charge in [-0.15, -0.1) is 0 Å². The number of nitrogens with one attached hydrogen (secondary N) is 1. The van der Waals surface area contributed by atoms with Crippen LogP contribution >= 0.6 is 23.2 Å². The number of halogens is 3. The number of carbonyl (C=O) groups is 2. The van der Waals surface area contributed by atoms with Gasteiger partial charge in [-0.25, -0.2) is 4.39 Å². The first-order valence-electron chi connectivity index (χ1n) is 7.26. The van der Waals surface area contributed by atoms with Crippen LogP contribution in [0.3, 0.4) is 0 Å². The molecule has 0 spiro atoms. The van der Waals surface area contributed by atoms with E-state index in [2.05, 4.69) is 5.32 Å². The third-order valence-electron chi connectivity index (χ3n) is 3.83. The predicted octanol–water partition coefficient (Wildman–Crippen LogP) is 4.12. The molecule has 24 heavy (non-hydrogen) atoms. The molecule has 7 heteroatoms. The van der Waals surface area contributed by atoms with Crippen LogP contribution in [-0.2, 0) is 9.59 Å². The fourth-order valence-corrected chi connectivity index (χ4v) is 2.90. The van der Waals surface area contributed by atoms with Crippen LogP contribution in [0.2, 0.25) is 10.0 Å². The van der Waals surface area contributed by atoms with Gasteiger partial charge in [-0.1, -0.05) is 35.3 Å². The molecule has 0 saturated carbocycles. The van der Waals surface area contributed by atoms with Gasteiger partial charge in [0.15, 0.2) is 0 Å². The van der Waals surface area contributed by atoms with Crippen molar-refractivity contribution in [1.29, 1.82) is 0 Å². The van der Waals surface area contributed by atoms with E-state index in [1.54, 1.807) is 24.3 Å². The zero-order chi connectivity index (χ0) is 17.3. The fourth-order valence-electron chi connectivity index (χ4n) is 2.60. The second-order valence-electron chi connectivity index (χ2n) is 5.47. The molecule has 2 aromatic rings. The highest BCUT2D eigenvalue weighted by Gasteiger charge is 2.36. The Morgan fingerprint density at radius 3 is 2.62 bits per heavy atom. The van der Waals surface area contributed by atoms with Crippen molar-refractivity contribution in [2.45, 2.75) is 6.42 Å². The molecule has 1 heterocycles. The number of anilines is 2. The minimum absolute atomic E-state index is 0.0293. The molecule has 1 atom stereocenters. The normalized spacial score (nSPS) is 17.2. The highest BCUT2D eigenvalue weighted by atomic mass is 35.5. The van der Waals surface area contributed by atoms with Gasteiger partial charge in [0.2, 0.25) is 11.8 Å². The zero-order valence-electron chi connectivity index (χ0n) is 12.4. The maximum absolute atomic E-state index is 13.9. The quantitative estimate of drug-likeness (QED) is 0.887. The second-order valence-corrected chi connectivity index (χ2v) is 6.29. The second kappa shape index (κ2) is 6.79. The van der Waals surface area contributed by atoms with Crippen LogP contribution in [0.25, 0.3) is 0 Å². The van der Waals surface area contributed by atoms with E-state index in [0.717, 1.165) is 0 Å². The molecule has 1 fully saturated rings. The summed E-state index contributed by atoms with van der Waals surface area (Å²) in [5, 5.41) is 3.41. The molecule has 1 N–H and O–H groups in total. The SMILES string of the molecule is O=C(Nc1ccc(Cl)c(Cl)c1)[C@@H]1CC(=O)N(c2ccccc2F)C1. The van der Waals surface area contributed by atoms with Crippen molar-refractivity contribution in [2.75, 3.05) is 16.8 Å². The molecule has 1 saturated heterocycles. The zero-order valence-corrected chi connectivity index (χ0v) is 13.9. The molecule has 0 radical (unpaired) electrons. The number of rotatable bonds is 3. The number of hydrogen-bond acceptors (Lipinski definition) is 2. The first kappa shape index (κ1) is 16.7. The third-order valence-corrected chi connectivity index (χ3v) is 4.57. The number of nitrogens with zero attached hydrogens (tertiary/aromatic N) is 1. The Bertz CT molecular complexity index is 813. The van der Waals surface area contributed by atoms with Crippen LogP contribution in [0, 0.1) is 11.7 Å². The summed E-state index contributed by atoms with van der Waals surface area (Å²) in [7, 11) is 0. The van der Waals surface area contributed by atoms with Crippen molar-refractivity contribution in [3.8, 4) is 0 Å². The molecule has 3 rings (SSSR count). The van der Waals surface area contributed by atoms with Crippen LogP contribution in [0.5, 0.6) is 0 Å². The van der Waals surface area contributed by atoms with Crippen LogP contribution in [0.15, 0.2) is 42.5 Å². The molecule has 2 amide bonds. The lowest BCUT2D eigenvalue weighted by atomic mass is 10.1. The fraction of sp³-hybridized carbons (Fsp3) is 0.176. The van der Waals surface area contributed by atoms with Gasteiger partial charge in [-0.3, -0.25) is 9.59 Å². The molecule has 1 aliphatic rings. The van der Waals surface area contributed by atoms with Gasteiger partial charge < -0.3 is 10.2 Å². The Morgan fingerprint density at radius 2 is 1.92 bits per heavy atom. The van der Waals surface area contributed by atoms with Gasteiger partial charge in [0.1, 0.15) is 5.82 Å². The summed E-state index contributed by atoms with van der Waals surface area (Å²) in [6, 6.07) is 10.7. The molecule has 4 nitrogen and oxygen atoms in total. The summed E-state index contributed by atoms with van der Waals surface area (Å²) in [5.74, 6) is -1.65. The highest BCUT2D eigenvalue weighted by Crippen LogP contribution is 2.29. The van der Waals surface area contributed by atoms with E-state index in [4.69, 9.17) is 23.2 Å². The average molecular weight is 367 g/mol. The summed E-state index contributed by atoms with van der Waals surface area (Å²) < 4.78 is 13.9. The summed E-state index contributed by atoms with van der Waals surface area (Å²) in [6.45, 7) is 0.132. The Kier molecular flexibility index (Phi) is 4.73. The Morgan fingerprint density at radius 1 is 1.17 bits per heavy atom. The Hall–Kier alpha value is -2.11. The van der Waals surface area contributed by atoms with Crippen molar-refractivity contribution >= 4 is 46.4 Å². The maximum Gasteiger partial charge on any atom is 0.229 e. The molecule has 124 valence electrons. The Balaban J connectivity index is 1.72. The van der Waals surface area contributed by atoms with Crippen molar-refractivity contribution in [3.63, 3.8) is 0 Å². The summed E-state index contributed by atoms with van der Waals surface area (Å²) >= 11 is 11.7. The van der Waals surface area contributed by atoms with Crippen LogP contribution in [-0.4, -0.2) is 18.4 Å². The third kappa shape index (κ3) is 3.37. The lowest BCUT2D eigenvalue weighted by molar-refractivity contribution is -0.122. The van der Waals surface area contributed by atoms with Crippen LogP contribution in [0.1, 0.15) is 6.42 Å². The largest absolute Gasteiger partial charge is 0.326 e. The van der Waals surface area contributed by atoms with E-state index in [0.29, 0.717) is 15.7 Å². The topological polar surface area (TPSA) is 49.4 Å². The van der Waals surface area contributed by atoms with Crippen molar-refractivity contribution < 1.29 is 14.0 Å². The standard InChI is InChI=1S/C17H13Cl2FN2O2/c18-12-6-5-11(8-13(12)19)21-17(24)10-7-16(23)22(9-10)15-4-2-1-3-14(15)20/h1-6,8,10H,7,9H2,(H,21,24)/t10-/m1/s1. The summed E-state index contributed by atoms with van der Waals surface area (Å²) in [6.07, 6.45) is 0.0293. The van der Waals surface area contributed by atoms with Gasteiger partial charge >= 0.3 is 0 Å². The minimum Gasteiger partial charge on any atom is -0.326 e. The average Bonchev–Trinajstić information content (AvgIpc) is 2.93. The first-order chi connectivity index (χ1) is 11.5. The molecule has 1 aliphatic heterocycles. The van der Waals surface area contributed by atoms with E-state index >= 15 is 0 Å². The number of amides is 2. The molecular formula is C17H13Cl2FN2O2. The monoisotopic (exact) mass is 366 g/mol. The van der Waals surface area contributed by atoms with E-state index in [1.165, 1.54) is 23.1 Å². The van der Waals surface area contributed by atoms with E-state index < -0.39 is 11.7 Å². The minimum atomic E-state index is -0.563. The molecular weight excluding hydrogens is 354 g/mol. The predicted molar refractivity (Wildman–Crippen MR) is 92.0 cm³/mol. The van der Waals surface area contributed by atoms with Crippen molar-refractivity contribution in [3.05, 3.63) is 58.3 Å². The number of hydrogen-bond donors (Lipinski definition) is 1. The van der Waals surface area contributed by atoms with Crippen molar-refractivity contribution in [2.24, 2.45) is 5.92 Å². The molecule has 0 unspecified atom stereocenters. The Labute approximate surface area is 148 Å². The summed E-state index contributed by atoms with van der Waals surface area (Å²) in [5.41, 5.74) is 0.679. The van der Waals surface area contributed by atoms with Crippen molar-refractivity contribution in [1.82, 2.24) is 0 Å². The van der Waals surface area contributed by atoms with E-state index in [9.17, 15) is 14.0 Å². The van der Waals surface area contributed by atoms with Gasteiger partial charge in [0.05, 0.1) is 21.7 Å². The van der Waals surface area contributed by atoms with Gasteiger partial charge in [-0.05, 0) is 30.3 Å². The number of carbonyl (C=O) groups excluding carboxylic acids is 2. The lowest BCUT2D eigenvalue weighted by Crippen LogP contribution is -2.28. The molecule has 0 bridgehead atoms. The molecule has 0 aromatic heterocycles. The first-order valence-corrected chi connectivity index (χ1v) is 8.02. The summed E-state index contributed by atoms with van der Waals surface area (Å²) in [4.78, 5) is 25.8. The number of para-hydroxylation sites is 1. The van der Waals surface area contributed by atoms with Gasteiger partial charge in [-0.2, -0.15) is 0 Å². The van der Waals surface area contributed by atoms with Crippen LogP contribution in [0.4, 0.5) is 15.8 Å². The number of benzene rings is 2. The maximum atomic E-state index is 13.9. The van der Waals surface area contributed by atoms with Gasteiger partial charge in [0, 0.05) is 18.7 Å². The van der Waals surface area contributed by atoms with Gasteiger partial charge in [0.25, 0.3) is 0 Å².